The molecule has 2 unspecified atom stereocenters. The molecule has 1 saturated heterocycles. The molecule has 1 aromatic heterocycles. The van der Waals surface area contributed by atoms with Crippen LogP contribution >= 0.6 is 0 Å². The Balaban J connectivity index is 1.64. The molecule has 6 heteroatoms. The van der Waals surface area contributed by atoms with Crippen molar-refractivity contribution in [2.45, 2.75) is 59.8 Å². The number of benzene rings is 1. The number of aromatic nitrogens is 2. The Labute approximate surface area is 175 Å². The maximum absolute atomic E-state index is 4.86. The van der Waals surface area contributed by atoms with Crippen molar-refractivity contribution in [2.24, 2.45) is 10.9 Å². The quantitative estimate of drug-likeness (QED) is 0.558. The van der Waals surface area contributed by atoms with Gasteiger partial charge in [0.25, 0.3) is 0 Å². The van der Waals surface area contributed by atoms with Gasteiger partial charge in [-0.25, -0.2) is 9.98 Å². The van der Waals surface area contributed by atoms with Gasteiger partial charge in [0.1, 0.15) is 5.82 Å². The summed E-state index contributed by atoms with van der Waals surface area (Å²) in [6.45, 7) is 15.6. The van der Waals surface area contributed by atoms with E-state index in [0.717, 1.165) is 38.0 Å². The molecule has 158 valence electrons. The first kappa shape index (κ1) is 21.4. The molecule has 1 aliphatic rings. The highest BCUT2D eigenvalue weighted by molar-refractivity contribution is 5.80. The molecule has 6 nitrogen and oxygen atoms in total. The highest BCUT2D eigenvalue weighted by Crippen LogP contribution is 2.18. The van der Waals surface area contributed by atoms with Gasteiger partial charge in [-0.05, 0) is 44.7 Å². The zero-order valence-electron chi connectivity index (χ0n) is 18.5. The van der Waals surface area contributed by atoms with Crippen LogP contribution in [0.4, 0.5) is 0 Å². The van der Waals surface area contributed by atoms with Crippen LogP contribution in [0.3, 0.4) is 0 Å². The largest absolute Gasteiger partial charge is 0.357 e. The van der Waals surface area contributed by atoms with Gasteiger partial charge in [-0.3, -0.25) is 4.90 Å². The van der Waals surface area contributed by atoms with Crippen LogP contribution in [0.1, 0.15) is 44.6 Å². The molecule has 0 aliphatic carbocycles. The number of nitrogens with zero attached hydrogens (tertiary/aromatic N) is 4. The summed E-state index contributed by atoms with van der Waals surface area (Å²) >= 11 is 0. The van der Waals surface area contributed by atoms with E-state index in [1.165, 1.54) is 11.1 Å². The van der Waals surface area contributed by atoms with Crippen LogP contribution < -0.4 is 10.6 Å². The topological polar surface area (TPSA) is 57.5 Å². The minimum atomic E-state index is 0.436. The van der Waals surface area contributed by atoms with Gasteiger partial charge in [-0.2, -0.15) is 0 Å². The van der Waals surface area contributed by atoms with Crippen molar-refractivity contribution in [3.63, 3.8) is 0 Å². The third-order valence-corrected chi connectivity index (χ3v) is 5.72. The Morgan fingerprint density at radius 3 is 2.72 bits per heavy atom. The first-order valence-corrected chi connectivity index (χ1v) is 10.8. The Hall–Kier alpha value is -2.34. The molecule has 2 N–H and O–H groups in total. The molecule has 2 heterocycles. The molecule has 3 rings (SSSR count). The van der Waals surface area contributed by atoms with Gasteiger partial charge in [0.2, 0.25) is 0 Å². The number of hydrogen-bond donors (Lipinski definition) is 2. The third kappa shape index (κ3) is 5.82. The van der Waals surface area contributed by atoms with Crippen LogP contribution in [-0.4, -0.2) is 52.1 Å². The molecular weight excluding hydrogens is 360 g/mol. The van der Waals surface area contributed by atoms with Crippen molar-refractivity contribution >= 4 is 5.96 Å². The van der Waals surface area contributed by atoms with E-state index < -0.39 is 0 Å². The fourth-order valence-electron chi connectivity index (χ4n) is 3.87. The molecule has 2 aromatic rings. The minimum absolute atomic E-state index is 0.436. The monoisotopic (exact) mass is 396 g/mol. The van der Waals surface area contributed by atoms with E-state index in [2.05, 4.69) is 77.0 Å². The van der Waals surface area contributed by atoms with Gasteiger partial charge in [0, 0.05) is 50.7 Å². The second-order valence-corrected chi connectivity index (χ2v) is 8.39. The summed E-state index contributed by atoms with van der Waals surface area (Å²) < 4.78 is 2.16. The van der Waals surface area contributed by atoms with Crippen LogP contribution in [0.15, 0.2) is 41.7 Å². The van der Waals surface area contributed by atoms with Crippen LogP contribution in [0.25, 0.3) is 0 Å². The molecule has 0 amide bonds. The second kappa shape index (κ2) is 9.92. The molecule has 1 aromatic carbocycles. The molecule has 0 bridgehead atoms. The lowest BCUT2D eigenvalue weighted by molar-refractivity contribution is 0.265. The van der Waals surface area contributed by atoms with Crippen molar-refractivity contribution in [1.82, 2.24) is 25.1 Å². The summed E-state index contributed by atoms with van der Waals surface area (Å²) in [6.07, 6.45) is 3.87. The lowest BCUT2D eigenvalue weighted by Gasteiger charge is -2.22. The predicted octanol–water partition coefficient (Wildman–Crippen LogP) is 3.02. The number of rotatable bonds is 7. The van der Waals surface area contributed by atoms with Gasteiger partial charge in [-0.1, -0.05) is 31.2 Å². The molecule has 0 saturated carbocycles. The Morgan fingerprint density at radius 2 is 2.07 bits per heavy atom. The average molecular weight is 397 g/mol. The molecule has 1 aliphatic heterocycles. The van der Waals surface area contributed by atoms with Crippen molar-refractivity contribution in [3.05, 3.63) is 53.6 Å². The lowest BCUT2D eigenvalue weighted by atomic mass is 10.1. The fourth-order valence-corrected chi connectivity index (χ4v) is 3.87. The van der Waals surface area contributed by atoms with E-state index in [4.69, 9.17) is 4.99 Å². The Bertz CT molecular complexity index is 809. The van der Waals surface area contributed by atoms with Gasteiger partial charge in [0.15, 0.2) is 5.96 Å². The number of guanidine groups is 1. The van der Waals surface area contributed by atoms with Crippen LogP contribution in [0.2, 0.25) is 0 Å². The smallest absolute Gasteiger partial charge is 0.191 e. The second-order valence-electron chi connectivity index (χ2n) is 8.39. The summed E-state index contributed by atoms with van der Waals surface area (Å²) in [5.74, 6) is 2.56. The molecule has 1 fully saturated rings. The first-order valence-electron chi connectivity index (χ1n) is 10.8. The van der Waals surface area contributed by atoms with Crippen LogP contribution in [0.5, 0.6) is 0 Å². The van der Waals surface area contributed by atoms with Crippen molar-refractivity contribution in [1.29, 1.82) is 0 Å². The molecular formula is C23H36N6. The number of imidazole rings is 1. The van der Waals surface area contributed by atoms with Crippen molar-refractivity contribution in [2.75, 3.05) is 19.6 Å². The third-order valence-electron chi connectivity index (χ3n) is 5.72. The predicted molar refractivity (Wildman–Crippen MR) is 120 cm³/mol. The van der Waals surface area contributed by atoms with E-state index in [1.807, 2.05) is 19.3 Å². The highest BCUT2D eigenvalue weighted by Gasteiger charge is 2.31. The normalized spacial score (nSPS) is 20.4. The Kier molecular flexibility index (Phi) is 7.31. The number of aliphatic imine (C=N–C) groups is 1. The van der Waals surface area contributed by atoms with Gasteiger partial charge in [0.05, 0.1) is 6.54 Å². The van der Waals surface area contributed by atoms with Crippen LogP contribution in [0, 0.1) is 12.8 Å². The number of likely N-dealkylation sites (tertiary alicyclic amines) is 1. The first-order chi connectivity index (χ1) is 14.0. The summed E-state index contributed by atoms with van der Waals surface area (Å²) in [5, 5.41) is 7.08. The maximum atomic E-state index is 4.86. The maximum Gasteiger partial charge on any atom is 0.191 e. The van der Waals surface area contributed by atoms with Crippen molar-refractivity contribution < 1.29 is 0 Å². The molecule has 2 atom stereocenters. The molecule has 0 radical (unpaired) electrons. The number of nitrogens with one attached hydrogen (secondary N) is 2. The van der Waals surface area contributed by atoms with Crippen molar-refractivity contribution in [3.8, 4) is 0 Å². The number of hydrogen-bond acceptors (Lipinski definition) is 3. The van der Waals surface area contributed by atoms with E-state index in [1.54, 1.807) is 0 Å². The molecule has 0 spiro atoms. The van der Waals surface area contributed by atoms with E-state index in [-0.39, 0.29) is 0 Å². The fraction of sp³-hybridized carbons (Fsp3) is 0.565. The van der Waals surface area contributed by atoms with Gasteiger partial charge < -0.3 is 15.2 Å². The summed E-state index contributed by atoms with van der Waals surface area (Å²) in [6, 6.07) is 9.70. The van der Waals surface area contributed by atoms with Gasteiger partial charge >= 0.3 is 0 Å². The average Bonchev–Trinajstić information content (AvgIpc) is 3.26. The van der Waals surface area contributed by atoms with E-state index >= 15 is 0 Å². The van der Waals surface area contributed by atoms with E-state index in [9.17, 15) is 0 Å². The number of aryl methyl sites for hydroxylation is 1. The minimum Gasteiger partial charge on any atom is -0.357 e. The van der Waals surface area contributed by atoms with Gasteiger partial charge in [-0.15, -0.1) is 0 Å². The van der Waals surface area contributed by atoms with Crippen LogP contribution in [-0.2, 0) is 13.1 Å². The summed E-state index contributed by atoms with van der Waals surface area (Å²) in [5.41, 5.74) is 2.49. The summed E-state index contributed by atoms with van der Waals surface area (Å²) in [4.78, 5) is 11.7. The van der Waals surface area contributed by atoms with E-state index in [0.29, 0.717) is 24.5 Å². The summed E-state index contributed by atoms with van der Waals surface area (Å²) in [7, 11) is 0. The zero-order valence-corrected chi connectivity index (χ0v) is 18.5. The lowest BCUT2D eigenvalue weighted by Crippen LogP contribution is -2.46. The molecule has 29 heavy (non-hydrogen) atoms. The standard InChI is InChI=1S/C23H36N6/c1-6-24-23(27-22-16-29(17(2)3)14-18(22)4)26-13-20-8-7-9-21(12-20)15-28-11-10-25-19(28)5/h7-12,17-18,22H,6,13-16H2,1-5H3,(H2,24,26,27). The highest BCUT2D eigenvalue weighted by atomic mass is 15.3. The zero-order chi connectivity index (χ0) is 20.8. The SMILES string of the molecule is CCNC(=NCc1cccc(Cn2ccnc2C)c1)NC1CN(C(C)C)CC1C. The Morgan fingerprint density at radius 1 is 1.28 bits per heavy atom.